The van der Waals surface area contributed by atoms with Gasteiger partial charge < -0.3 is 20.2 Å². The van der Waals surface area contributed by atoms with E-state index in [1.165, 1.54) is 11.1 Å². The minimum absolute atomic E-state index is 0.0277. The van der Waals surface area contributed by atoms with Crippen LogP contribution in [0.3, 0.4) is 0 Å². The number of amides is 1. The second-order valence-electron chi connectivity index (χ2n) is 6.97. The van der Waals surface area contributed by atoms with Crippen LogP contribution in [0.1, 0.15) is 59.8 Å². The van der Waals surface area contributed by atoms with Crippen LogP contribution in [0.5, 0.6) is 0 Å². The fourth-order valence-corrected chi connectivity index (χ4v) is 3.01. The molecule has 0 heterocycles. The zero-order chi connectivity index (χ0) is 21.0. The minimum atomic E-state index is -4.53. The zero-order valence-corrected chi connectivity index (χ0v) is 17.5. The van der Waals surface area contributed by atoms with Gasteiger partial charge in [-0.1, -0.05) is 34.9 Å². The lowest BCUT2D eigenvalue weighted by Gasteiger charge is -2.14. The number of hydrogen-bond acceptors (Lipinski definition) is 3. The summed E-state index contributed by atoms with van der Waals surface area (Å²) in [7, 11) is -4.53. The zero-order valence-electron chi connectivity index (χ0n) is 16.6. The molecule has 1 unspecified atom stereocenters. The quantitative estimate of drug-likeness (QED) is 0.293. The highest BCUT2D eigenvalue weighted by atomic mass is 31.2. The Morgan fingerprint density at radius 2 is 1.48 bits per heavy atom. The Labute approximate surface area is 161 Å². The number of carbonyl (C=O) groups is 2. The van der Waals surface area contributed by atoms with E-state index in [2.05, 4.69) is 38.2 Å². The van der Waals surface area contributed by atoms with Gasteiger partial charge in [0, 0.05) is 6.42 Å². The lowest BCUT2D eigenvalue weighted by Crippen LogP contribution is -2.43. The Hall–Kier alpha value is -1.69. The number of carboxylic acid groups (broad SMARTS) is 1. The third-order valence-electron chi connectivity index (χ3n) is 3.81. The summed E-state index contributed by atoms with van der Waals surface area (Å²) in [5.41, 5.74) is 3.63. The van der Waals surface area contributed by atoms with Gasteiger partial charge in [0.2, 0.25) is 5.91 Å². The van der Waals surface area contributed by atoms with Crippen LogP contribution in [0.4, 0.5) is 0 Å². The molecule has 0 aliphatic carbocycles. The minimum Gasteiger partial charge on any atom is -0.480 e. The van der Waals surface area contributed by atoms with Gasteiger partial charge in [0.15, 0.2) is 0 Å². The van der Waals surface area contributed by atoms with Crippen LogP contribution >= 0.6 is 7.60 Å². The maximum Gasteiger partial charge on any atom is 0.328 e. The average molecular weight is 401 g/mol. The average Bonchev–Trinajstić information content (AvgIpc) is 2.50. The van der Waals surface area contributed by atoms with Crippen molar-refractivity contribution in [1.82, 2.24) is 5.32 Å². The van der Waals surface area contributed by atoms with E-state index in [1.807, 2.05) is 6.92 Å². The fourth-order valence-electron chi connectivity index (χ4n) is 2.28. The molecule has 0 aliphatic heterocycles. The topological polar surface area (TPSA) is 124 Å². The molecule has 0 aliphatic rings. The number of hydrogen-bond donors (Lipinski definition) is 4. The Balaban J connectivity index is 4.39. The van der Waals surface area contributed by atoms with Crippen molar-refractivity contribution in [3.8, 4) is 0 Å². The lowest BCUT2D eigenvalue weighted by molar-refractivity contribution is -0.141. The summed E-state index contributed by atoms with van der Waals surface area (Å²) in [4.78, 5) is 40.5. The highest BCUT2D eigenvalue weighted by molar-refractivity contribution is 7.51. The highest BCUT2D eigenvalue weighted by Crippen LogP contribution is 2.34. The van der Waals surface area contributed by atoms with E-state index in [0.29, 0.717) is 0 Å². The van der Waals surface area contributed by atoms with Crippen LogP contribution in [0.25, 0.3) is 0 Å². The third-order valence-corrected chi connectivity index (χ3v) is 4.65. The second-order valence-corrected chi connectivity index (χ2v) is 8.66. The van der Waals surface area contributed by atoms with E-state index in [-0.39, 0.29) is 6.42 Å². The van der Waals surface area contributed by atoms with E-state index >= 15 is 0 Å². The molecule has 154 valence electrons. The maximum absolute atomic E-state index is 11.8. The maximum atomic E-state index is 11.8. The normalized spacial score (nSPS) is 13.9. The molecule has 0 saturated carbocycles. The van der Waals surface area contributed by atoms with Crippen molar-refractivity contribution in [3.63, 3.8) is 0 Å². The molecule has 0 bridgehead atoms. The molecular formula is C19H32NO6P. The van der Waals surface area contributed by atoms with Gasteiger partial charge >= 0.3 is 13.6 Å². The SMILES string of the molecule is CC(C)=CCC/C(C)=C/CC/C(C)=C/CC(=O)NC(CP(=O)(O)O)C(=O)O. The second kappa shape index (κ2) is 12.7. The molecule has 7 nitrogen and oxygen atoms in total. The molecule has 0 rings (SSSR count). The summed E-state index contributed by atoms with van der Waals surface area (Å²) >= 11 is 0. The van der Waals surface area contributed by atoms with Crippen LogP contribution < -0.4 is 5.32 Å². The van der Waals surface area contributed by atoms with E-state index in [4.69, 9.17) is 14.9 Å². The number of allylic oxidation sites excluding steroid dienone is 5. The molecule has 1 amide bonds. The number of nitrogens with one attached hydrogen (secondary N) is 1. The number of rotatable bonds is 12. The Morgan fingerprint density at radius 3 is 1.96 bits per heavy atom. The van der Waals surface area contributed by atoms with E-state index < -0.39 is 31.7 Å². The van der Waals surface area contributed by atoms with Crippen molar-refractivity contribution < 1.29 is 29.0 Å². The number of aliphatic carboxylic acids is 1. The van der Waals surface area contributed by atoms with Crippen molar-refractivity contribution in [2.75, 3.05) is 6.16 Å². The van der Waals surface area contributed by atoms with Gasteiger partial charge in [-0.15, -0.1) is 0 Å². The van der Waals surface area contributed by atoms with Gasteiger partial charge in [-0.05, 0) is 53.4 Å². The van der Waals surface area contributed by atoms with Gasteiger partial charge in [-0.2, -0.15) is 0 Å². The van der Waals surface area contributed by atoms with Crippen LogP contribution in [-0.4, -0.2) is 39.0 Å². The van der Waals surface area contributed by atoms with Crippen molar-refractivity contribution in [1.29, 1.82) is 0 Å². The highest BCUT2D eigenvalue weighted by Gasteiger charge is 2.28. The first-order valence-corrected chi connectivity index (χ1v) is 10.7. The molecule has 0 saturated heterocycles. The van der Waals surface area contributed by atoms with E-state index in [9.17, 15) is 14.2 Å². The molecule has 0 aromatic heterocycles. The van der Waals surface area contributed by atoms with Gasteiger partial charge in [0.25, 0.3) is 0 Å². The first-order valence-electron chi connectivity index (χ1n) is 8.92. The Kier molecular flexibility index (Phi) is 11.9. The molecular weight excluding hydrogens is 369 g/mol. The van der Waals surface area contributed by atoms with Crippen LogP contribution in [0, 0.1) is 0 Å². The van der Waals surface area contributed by atoms with Gasteiger partial charge in [0.1, 0.15) is 6.04 Å². The Bertz CT molecular complexity index is 641. The monoisotopic (exact) mass is 401 g/mol. The van der Waals surface area contributed by atoms with E-state index in [1.54, 1.807) is 6.08 Å². The molecule has 0 aromatic carbocycles. The summed E-state index contributed by atoms with van der Waals surface area (Å²) in [6.45, 7) is 8.14. The van der Waals surface area contributed by atoms with Crippen LogP contribution in [0.15, 0.2) is 34.9 Å². The molecule has 8 heteroatoms. The number of carboxylic acids is 1. The van der Waals surface area contributed by atoms with Crippen LogP contribution in [0.2, 0.25) is 0 Å². The predicted octanol–water partition coefficient (Wildman–Crippen LogP) is 3.54. The molecule has 4 N–H and O–H groups in total. The number of carbonyl (C=O) groups excluding carboxylic acids is 1. The van der Waals surface area contributed by atoms with Gasteiger partial charge in [0.05, 0.1) is 6.16 Å². The van der Waals surface area contributed by atoms with Crippen molar-refractivity contribution in [3.05, 3.63) is 34.9 Å². The molecule has 0 fully saturated rings. The standard InChI is InChI=1S/C19H32NO6P/c1-14(2)7-5-8-15(3)9-6-10-16(4)11-12-18(21)20-17(19(22)23)13-27(24,25)26/h7,9,11,17H,5-6,8,10,12-13H2,1-4H3,(H,20,21)(H,22,23)(H2,24,25,26)/b15-9+,16-11+. The summed E-state index contributed by atoms with van der Waals surface area (Å²) < 4.78 is 10.9. The predicted molar refractivity (Wildman–Crippen MR) is 107 cm³/mol. The first-order chi connectivity index (χ1) is 12.4. The smallest absolute Gasteiger partial charge is 0.328 e. The summed E-state index contributed by atoms with van der Waals surface area (Å²) in [5, 5.41) is 11.1. The third kappa shape index (κ3) is 15.1. The lowest BCUT2D eigenvalue weighted by atomic mass is 10.1. The molecule has 0 aromatic rings. The van der Waals surface area contributed by atoms with Gasteiger partial charge in [-0.3, -0.25) is 9.36 Å². The summed E-state index contributed by atoms with van der Waals surface area (Å²) in [5.74, 6) is -2.05. The summed E-state index contributed by atoms with van der Waals surface area (Å²) in [6.07, 6.45) is 8.84. The van der Waals surface area contributed by atoms with Crippen molar-refractivity contribution in [2.24, 2.45) is 0 Å². The van der Waals surface area contributed by atoms with Crippen molar-refractivity contribution >= 4 is 19.5 Å². The van der Waals surface area contributed by atoms with Crippen LogP contribution in [-0.2, 0) is 14.2 Å². The fraction of sp³-hybridized carbons (Fsp3) is 0.579. The first kappa shape index (κ1) is 25.3. The Morgan fingerprint density at radius 1 is 0.963 bits per heavy atom. The molecule has 27 heavy (non-hydrogen) atoms. The molecule has 1 atom stereocenters. The molecule has 0 radical (unpaired) electrons. The largest absolute Gasteiger partial charge is 0.480 e. The summed E-state index contributed by atoms with van der Waals surface area (Å²) in [6, 6.07) is -1.60. The van der Waals surface area contributed by atoms with E-state index in [0.717, 1.165) is 31.3 Å². The molecule has 0 spiro atoms. The van der Waals surface area contributed by atoms with Gasteiger partial charge in [-0.25, -0.2) is 4.79 Å². The van der Waals surface area contributed by atoms with Crippen molar-refractivity contribution in [2.45, 2.75) is 65.8 Å².